The number of imidazole rings is 1. The summed E-state index contributed by atoms with van der Waals surface area (Å²) < 4.78 is 1.89. The SMILES string of the molecule is CCN(CCN1CCCC1)C(=O)c1cnc2ncn3c(C)c(C)nc3c2n1. The second-order valence-electron chi connectivity index (χ2n) is 7.08. The largest absolute Gasteiger partial charge is 0.336 e. The van der Waals surface area contributed by atoms with Crippen molar-refractivity contribution in [3.8, 4) is 0 Å². The molecule has 1 aliphatic heterocycles. The summed E-state index contributed by atoms with van der Waals surface area (Å²) in [6.45, 7) is 10.5. The lowest BCUT2D eigenvalue weighted by Gasteiger charge is -2.23. The molecule has 0 atom stereocenters. The van der Waals surface area contributed by atoms with Crippen LogP contribution in [0.1, 0.15) is 41.6 Å². The van der Waals surface area contributed by atoms with E-state index in [0.29, 0.717) is 35.6 Å². The highest BCUT2D eigenvalue weighted by molar-refractivity contribution is 5.95. The minimum absolute atomic E-state index is 0.0897. The molecule has 8 nitrogen and oxygen atoms in total. The van der Waals surface area contributed by atoms with E-state index in [9.17, 15) is 4.79 Å². The van der Waals surface area contributed by atoms with Gasteiger partial charge >= 0.3 is 0 Å². The number of aromatic nitrogens is 5. The van der Waals surface area contributed by atoms with Crippen molar-refractivity contribution in [2.75, 3.05) is 32.7 Å². The highest BCUT2D eigenvalue weighted by Crippen LogP contribution is 2.18. The van der Waals surface area contributed by atoms with Gasteiger partial charge in [0.25, 0.3) is 5.91 Å². The third-order valence-electron chi connectivity index (χ3n) is 5.42. The summed E-state index contributed by atoms with van der Waals surface area (Å²) in [5.74, 6) is -0.0897. The number of aryl methyl sites for hydroxylation is 2. The maximum atomic E-state index is 13.0. The van der Waals surface area contributed by atoms with Crippen LogP contribution in [0.3, 0.4) is 0 Å². The van der Waals surface area contributed by atoms with Gasteiger partial charge in [-0.2, -0.15) is 0 Å². The number of fused-ring (bicyclic) bond motifs is 3. The van der Waals surface area contributed by atoms with E-state index >= 15 is 0 Å². The normalized spacial score (nSPS) is 15.1. The van der Waals surface area contributed by atoms with Gasteiger partial charge in [-0.1, -0.05) is 0 Å². The minimum Gasteiger partial charge on any atom is -0.336 e. The summed E-state index contributed by atoms with van der Waals surface area (Å²) in [6.07, 6.45) is 5.73. The van der Waals surface area contributed by atoms with Gasteiger partial charge < -0.3 is 9.80 Å². The Balaban J connectivity index is 1.64. The number of hydrogen-bond donors (Lipinski definition) is 0. The Morgan fingerprint density at radius 2 is 1.96 bits per heavy atom. The lowest BCUT2D eigenvalue weighted by Crippen LogP contribution is -2.38. The molecule has 3 aromatic heterocycles. The van der Waals surface area contributed by atoms with Crippen LogP contribution in [0.25, 0.3) is 16.8 Å². The first-order valence-electron chi connectivity index (χ1n) is 9.57. The summed E-state index contributed by atoms with van der Waals surface area (Å²) in [5.41, 5.74) is 4.04. The molecule has 0 radical (unpaired) electrons. The van der Waals surface area contributed by atoms with Crippen molar-refractivity contribution in [1.29, 1.82) is 0 Å². The first-order chi connectivity index (χ1) is 13.1. The Bertz CT molecular complexity index is 991. The van der Waals surface area contributed by atoms with Gasteiger partial charge in [-0.25, -0.2) is 19.9 Å². The smallest absolute Gasteiger partial charge is 0.274 e. The van der Waals surface area contributed by atoms with Gasteiger partial charge in [0.2, 0.25) is 0 Å². The van der Waals surface area contributed by atoms with E-state index in [-0.39, 0.29) is 5.91 Å². The molecule has 4 heterocycles. The van der Waals surface area contributed by atoms with E-state index in [0.717, 1.165) is 31.0 Å². The van der Waals surface area contributed by atoms with E-state index in [4.69, 9.17) is 0 Å². The third kappa shape index (κ3) is 3.25. The van der Waals surface area contributed by atoms with Crippen LogP contribution >= 0.6 is 0 Å². The highest BCUT2D eigenvalue weighted by atomic mass is 16.2. The Morgan fingerprint density at radius 1 is 1.19 bits per heavy atom. The first kappa shape index (κ1) is 17.8. The van der Waals surface area contributed by atoms with Crippen LogP contribution in [0.5, 0.6) is 0 Å². The number of amides is 1. The quantitative estimate of drug-likeness (QED) is 0.685. The van der Waals surface area contributed by atoms with Crippen molar-refractivity contribution >= 4 is 22.7 Å². The number of carbonyl (C=O) groups excluding carboxylic acids is 1. The Morgan fingerprint density at radius 3 is 2.70 bits per heavy atom. The fourth-order valence-electron chi connectivity index (χ4n) is 3.61. The van der Waals surface area contributed by atoms with Crippen molar-refractivity contribution < 1.29 is 4.79 Å². The number of likely N-dealkylation sites (N-methyl/N-ethyl adjacent to an activating group) is 1. The molecule has 1 fully saturated rings. The molecule has 4 rings (SSSR count). The molecule has 0 saturated carbocycles. The maximum Gasteiger partial charge on any atom is 0.274 e. The maximum absolute atomic E-state index is 13.0. The molecule has 3 aromatic rings. The van der Waals surface area contributed by atoms with Crippen molar-refractivity contribution in [2.45, 2.75) is 33.6 Å². The van der Waals surface area contributed by atoms with Crippen LogP contribution in [0.4, 0.5) is 0 Å². The second kappa shape index (κ2) is 7.19. The molecule has 0 spiro atoms. The zero-order chi connectivity index (χ0) is 19.0. The van der Waals surface area contributed by atoms with Crippen LogP contribution in [0, 0.1) is 13.8 Å². The van der Waals surface area contributed by atoms with Gasteiger partial charge in [-0.3, -0.25) is 9.20 Å². The van der Waals surface area contributed by atoms with Crippen LogP contribution in [0.2, 0.25) is 0 Å². The molecular formula is C19H25N7O. The average Bonchev–Trinajstić information content (AvgIpc) is 3.30. The zero-order valence-corrected chi connectivity index (χ0v) is 16.1. The molecule has 0 unspecified atom stereocenters. The molecule has 1 amide bonds. The number of rotatable bonds is 5. The lowest BCUT2D eigenvalue weighted by molar-refractivity contribution is 0.0744. The molecule has 0 bridgehead atoms. The predicted molar refractivity (Wildman–Crippen MR) is 103 cm³/mol. The van der Waals surface area contributed by atoms with E-state index < -0.39 is 0 Å². The van der Waals surface area contributed by atoms with Gasteiger partial charge in [-0.15, -0.1) is 0 Å². The van der Waals surface area contributed by atoms with Crippen molar-refractivity contribution in [2.24, 2.45) is 0 Å². The van der Waals surface area contributed by atoms with Crippen LogP contribution in [0.15, 0.2) is 12.5 Å². The van der Waals surface area contributed by atoms with Gasteiger partial charge in [0.05, 0.1) is 11.9 Å². The molecule has 27 heavy (non-hydrogen) atoms. The van der Waals surface area contributed by atoms with Crippen molar-refractivity contribution in [3.05, 3.63) is 29.6 Å². The Hall–Kier alpha value is -2.61. The first-order valence-corrected chi connectivity index (χ1v) is 9.57. The zero-order valence-electron chi connectivity index (χ0n) is 16.1. The third-order valence-corrected chi connectivity index (χ3v) is 5.42. The molecule has 1 saturated heterocycles. The summed E-state index contributed by atoms with van der Waals surface area (Å²) in [6, 6.07) is 0. The summed E-state index contributed by atoms with van der Waals surface area (Å²) in [4.78, 5) is 35.1. The molecule has 142 valence electrons. The van der Waals surface area contributed by atoms with Gasteiger partial charge in [-0.05, 0) is 46.7 Å². The topological polar surface area (TPSA) is 79.5 Å². The van der Waals surface area contributed by atoms with Gasteiger partial charge in [0.1, 0.15) is 12.0 Å². The molecule has 1 aliphatic rings. The fraction of sp³-hybridized carbons (Fsp3) is 0.526. The highest BCUT2D eigenvalue weighted by Gasteiger charge is 2.20. The standard InChI is InChI=1S/C19H25N7O/c1-4-25(10-9-24-7-5-6-8-24)19(27)15-11-20-17-16(23-15)18-22-13(2)14(3)26(18)12-21-17/h11-12H,4-10H2,1-3H3. The van der Waals surface area contributed by atoms with E-state index in [1.807, 2.05) is 30.1 Å². The molecule has 0 N–H and O–H groups in total. The van der Waals surface area contributed by atoms with Crippen LogP contribution in [-0.4, -0.2) is 72.8 Å². The number of nitrogens with zero attached hydrogens (tertiary/aromatic N) is 7. The fourth-order valence-corrected chi connectivity index (χ4v) is 3.61. The van der Waals surface area contributed by atoms with Crippen LogP contribution < -0.4 is 0 Å². The second-order valence-corrected chi connectivity index (χ2v) is 7.08. The summed E-state index contributed by atoms with van der Waals surface area (Å²) in [5, 5.41) is 0. The number of carbonyl (C=O) groups is 1. The molecule has 8 heteroatoms. The van der Waals surface area contributed by atoms with Crippen molar-refractivity contribution in [1.82, 2.24) is 34.1 Å². The monoisotopic (exact) mass is 367 g/mol. The molecule has 0 aliphatic carbocycles. The Labute approximate surface area is 158 Å². The van der Waals surface area contributed by atoms with Gasteiger partial charge in [0.15, 0.2) is 16.8 Å². The predicted octanol–water partition coefficient (Wildman–Crippen LogP) is 1.85. The van der Waals surface area contributed by atoms with E-state index in [1.54, 1.807) is 6.33 Å². The summed E-state index contributed by atoms with van der Waals surface area (Å²) >= 11 is 0. The average molecular weight is 367 g/mol. The molecule has 0 aromatic carbocycles. The van der Waals surface area contributed by atoms with Crippen molar-refractivity contribution in [3.63, 3.8) is 0 Å². The Kier molecular flexibility index (Phi) is 4.73. The van der Waals surface area contributed by atoms with Crippen LogP contribution in [-0.2, 0) is 0 Å². The number of hydrogen-bond acceptors (Lipinski definition) is 6. The van der Waals surface area contributed by atoms with Gasteiger partial charge in [0, 0.05) is 25.3 Å². The van der Waals surface area contributed by atoms with E-state index in [2.05, 4.69) is 24.8 Å². The van der Waals surface area contributed by atoms with E-state index in [1.165, 1.54) is 19.0 Å². The molecular weight excluding hydrogens is 342 g/mol. The minimum atomic E-state index is -0.0897. The number of likely N-dealkylation sites (tertiary alicyclic amines) is 1. The summed E-state index contributed by atoms with van der Waals surface area (Å²) in [7, 11) is 0. The lowest BCUT2D eigenvalue weighted by atomic mass is 10.3.